The number of halogens is 1. The van der Waals surface area contributed by atoms with E-state index in [1.165, 1.54) is 10.4 Å². The summed E-state index contributed by atoms with van der Waals surface area (Å²) in [5.74, 6) is 0.0497. The third kappa shape index (κ3) is 7.77. The van der Waals surface area contributed by atoms with Gasteiger partial charge in [0.2, 0.25) is 5.91 Å². The van der Waals surface area contributed by atoms with Crippen LogP contribution in [-0.4, -0.2) is 24.4 Å². The maximum atomic E-state index is 11.9. The van der Waals surface area contributed by atoms with Crippen LogP contribution in [0, 0.1) is 6.92 Å². The van der Waals surface area contributed by atoms with Crippen molar-refractivity contribution in [2.45, 2.75) is 33.9 Å². The molecule has 0 aliphatic heterocycles. The van der Waals surface area contributed by atoms with Gasteiger partial charge in [0.05, 0.1) is 10.3 Å². The zero-order chi connectivity index (χ0) is 17.2. The number of aryl methyl sites for hydroxylation is 1. The number of rotatable bonds is 6. The van der Waals surface area contributed by atoms with Gasteiger partial charge in [-0.25, -0.2) is 0 Å². The maximum absolute atomic E-state index is 11.9. The number of thiophene rings is 1. The number of amides is 1. The van der Waals surface area contributed by atoms with Crippen molar-refractivity contribution in [3.8, 4) is 0 Å². The van der Waals surface area contributed by atoms with Gasteiger partial charge in [-0.15, -0.1) is 11.3 Å². The normalized spacial score (nSPS) is 10.2. The maximum Gasteiger partial charge on any atom is 0.234 e. The molecule has 3 nitrogen and oxygen atoms in total. The van der Waals surface area contributed by atoms with Gasteiger partial charge in [-0.05, 0) is 47.6 Å². The van der Waals surface area contributed by atoms with Crippen LogP contribution in [0.4, 0.5) is 0 Å². The first-order valence-electron chi connectivity index (χ1n) is 7.78. The molecule has 0 saturated carbocycles. The van der Waals surface area contributed by atoms with Gasteiger partial charge in [0.15, 0.2) is 0 Å². The van der Waals surface area contributed by atoms with E-state index in [4.69, 9.17) is 0 Å². The van der Waals surface area contributed by atoms with E-state index in [1.54, 1.807) is 11.3 Å². The Morgan fingerprint density at radius 1 is 1.17 bits per heavy atom. The fraction of sp³-hybridized carbons (Fsp3) is 0.389. The van der Waals surface area contributed by atoms with E-state index in [1.807, 2.05) is 44.0 Å². The minimum Gasteiger partial charge on any atom is -0.351 e. The monoisotopic (exact) mass is 396 g/mol. The van der Waals surface area contributed by atoms with Crippen LogP contribution in [0.1, 0.15) is 29.9 Å². The van der Waals surface area contributed by atoms with E-state index in [-0.39, 0.29) is 5.91 Å². The lowest BCUT2D eigenvalue weighted by Gasteiger charge is -2.15. The van der Waals surface area contributed by atoms with Crippen molar-refractivity contribution in [2.24, 2.45) is 0 Å². The molecule has 0 radical (unpaired) electrons. The van der Waals surface area contributed by atoms with Gasteiger partial charge >= 0.3 is 0 Å². The predicted octanol–water partition coefficient (Wildman–Crippen LogP) is 4.59. The molecule has 1 N–H and O–H groups in total. The smallest absolute Gasteiger partial charge is 0.234 e. The molecular formula is C18H25BrN2OS. The summed E-state index contributed by atoms with van der Waals surface area (Å²) in [5.41, 5.74) is 2.35. The largest absolute Gasteiger partial charge is 0.351 e. The van der Waals surface area contributed by atoms with Crippen LogP contribution in [0.15, 0.2) is 40.2 Å². The number of carbonyl (C=O) groups is 1. The Bertz CT molecular complexity index is 595. The van der Waals surface area contributed by atoms with Gasteiger partial charge in [0.1, 0.15) is 0 Å². The summed E-state index contributed by atoms with van der Waals surface area (Å²) in [6, 6.07) is 12.3. The Kier molecular flexibility index (Phi) is 9.14. The van der Waals surface area contributed by atoms with Crippen LogP contribution in [0.5, 0.6) is 0 Å². The molecule has 1 heterocycles. The quantitative estimate of drug-likeness (QED) is 0.773. The molecule has 5 heteroatoms. The van der Waals surface area contributed by atoms with Crippen LogP contribution in [0.3, 0.4) is 0 Å². The molecule has 1 aromatic heterocycles. The third-order valence-corrected chi connectivity index (χ3v) is 4.69. The average molecular weight is 397 g/mol. The second-order valence-corrected chi connectivity index (χ2v) is 7.69. The van der Waals surface area contributed by atoms with Crippen molar-refractivity contribution < 1.29 is 4.79 Å². The second-order valence-electron chi connectivity index (χ2n) is 5.14. The first kappa shape index (κ1) is 19.9. The van der Waals surface area contributed by atoms with E-state index in [0.29, 0.717) is 13.1 Å². The molecule has 0 saturated heterocycles. The first-order valence-corrected chi connectivity index (χ1v) is 9.39. The van der Waals surface area contributed by atoms with Crippen molar-refractivity contribution in [3.63, 3.8) is 0 Å². The summed E-state index contributed by atoms with van der Waals surface area (Å²) in [4.78, 5) is 15.2. The Balaban J connectivity index is 0.00000127. The second kappa shape index (κ2) is 10.6. The van der Waals surface area contributed by atoms with Crippen LogP contribution < -0.4 is 5.32 Å². The van der Waals surface area contributed by atoms with Crippen molar-refractivity contribution >= 4 is 33.2 Å². The summed E-state index contributed by atoms with van der Waals surface area (Å²) in [5, 5.41) is 2.95. The van der Waals surface area contributed by atoms with Crippen molar-refractivity contribution in [2.75, 3.05) is 13.6 Å². The lowest BCUT2D eigenvalue weighted by molar-refractivity contribution is -0.122. The molecule has 0 spiro atoms. The molecule has 0 unspecified atom stereocenters. The predicted molar refractivity (Wildman–Crippen MR) is 103 cm³/mol. The van der Waals surface area contributed by atoms with Crippen molar-refractivity contribution in [1.29, 1.82) is 0 Å². The van der Waals surface area contributed by atoms with E-state index in [2.05, 4.69) is 46.4 Å². The van der Waals surface area contributed by atoms with Gasteiger partial charge < -0.3 is 5.32 Å². The molecule has 1 aromatic carbocycles. The Labute approximate surface area is 151 Å². The average Bonchev–Trinajstić information content (AvgIpc) is 2.93. The van der Waals surface area contributed by atoms with E-state index in [0.717, 1.165) is 15.9 Å². The summed E-state index contributed by atoms with van der Waals surface area (Å²) >= 11 is 5.15. The molecule has 126 valence electrons. The summed E-state index contributed by atoms with van der Waals surface area (Å²) in [7, 11) is 1.96. The molecule has 0 fully saturated rings. The fourth-order valence-corrected chi connectivity index (χ4v) is 3.53. The van der Waals surface area contributed by atoms with E-state index < -0.39 is 0 Å². The Morgan fingerprint density at radius 2 is 1.83 bits per heavy atom. The molecule has 0 bridgehead atoms. The lowest BCUT2D eigenvalue weighted by Crippen LogP contribution is -2.34. The number of carbonyl (C=O) groups excluding carboxylic acids is 1. The third-order valence-electron chi connectivity index (χ3n) is 3.08. The first-order chi connectivity index (χ1) is 11.0. The van der Waals surface area contributed by atoms with Gasteiger partial charge in [0, 0.05) is 18.0 Å². The number of benzene rings is 1. The lowest BCUT2D eigenvalue weighted by atomic mass is 10.1. The molecule has 2 aromatic rings. The zero-order valence-electron chi connectivity index (χ0n) is 14.2. The molecule has 0 atom stereocenters. The van der Waals surface area contributed by atoms with Crippen LogP contribution in [0.25, 0.3) is 0 Å². The summed E-state index contributed by atoms with van der Waals surface area (Å²) < 4.78 is 1.12. The summed E-state index contributed by atoms with van der Waals surface area (Å²) in [6.45, 7) is 7.83. The van der Waals surface area contributed by atoms with Crippen LogP contribution >= 0.6 is 27.3 Å². The Morgan fingerprint density at radius 3 is 2.39 bits per heavy atom. The Hall–Kier alpha value is -1.17. The molecule has 2 rings (SSSR count). The SMILES string of the molecule is CC.Cc1ccc(CNC(=O)CN(C)Cc2ccc(Br)s2)cc1. The number of hydrogen-bond acceptors (Lipinski definition) is 3. The van der Waals surface area contributed by atoms with E-state index in [9.17, 15) is 4.79 Å². The van der Waals surface area contributed by atoms with Gasteiger partial charge in [-0.3, -0.25) is 9.69 Å². The van der Waals surface area contributed by atoms with Crippen LogP contribution in [0.2, 0.25) is 0 Å². The summed E-state index contributed by atoms with van der Waals surface area (Å²) in [6.07, 6.45) is 0. The fourth-order valence-electron chi connectivity index (χ4n) is 1.97. The minimum absolute atomic E-state index is 0.0497. The standard InChI is InChI=1S/C16H19BrN2OS.C2H6/c1-12-3-5-13(6-4-12)9-18-16(20)11-19(2)10-14-7-8-15(17)21-14;1-2/h3-8H,9-11H2,1-2H3,(H,18,20);1-2H3. The molecule has 0 aliphatic rings. The topological polar surface area (TPSA) is 32.3 Å². The number of nitrogens with one attached hydrogen (secondary N) is 1. The van der Waals surface area contributed by atoms with Gasteiger partial charge in [0.25, 0.3) is 0 Å². The van der Waals surface area contributed by atoms with Gasteiger partial charge in [-0.1, -0.05) is 43.7 Å². The highest BCUT2D eigenvalue weighted by Gasteiger charge is 2.08. The van der Waals surface area contributed by atoms with Gasteiger partial charge in [-0.2, -0.15) is 0 Å². The van der Waals surface area contributed by atoms with Crippen LogP contribution in [-0.2, 0) is 17.9 Å². The number of nitrogens with zero attached hydrogens (tertiary/aromatic N) is 1. The number of hydrogen-bond donors (Lipinski definition) is 1. The minimum atomic E-state index is 0.0497. The molecule has 0 aliphatic carbocycles. The van der Waals surface area contributed by atoms with Crippen molar-refractivity contribution in [3.05, 3.63) is 56.2 Å². The zero-order valence-corrected chi connectivity index (χ0v) is 16.6. The van der Waals surface area contributed by atoms with Crippen molar-refractivity contribution in [1.82, 2.24) is 10.2 Å². The number of likely N-dealkylation sites (N-methyl/N-ethyl adjacent to an activating group) is 1. The molecule has 23 heavy (non-hydrogen) atoms. The van der Waals surface area contributed by atoms with E-state index >= 15 is 0 Å². The molecule has 1 amide bonds. The highest BCUT2D eigenvalue weighted by Crippen LogP contribution is 2.22. The highest BCUT2D eigenvalue weighted by molar-refractivity contribution is 9.11. The highest BCUT2D eigenvalue weighted by atomic mass is 79.9. The molecular weight excluding hydrogens is 372 g/mol.